The Kier molecular flexibility index (Phi) is 5.10. The summed E-state index contributed by atoms with van der Waals surface area (Å²) in [4.78, 5) is 11.3. The van der Waals surface area contributed by atoms with Gasteiger partial charge in [-0.05, 0) is 12.5 Å². The van der Waals surface area contributed by atoms with Crippen LogP contribution in [0.15, 0.2) is 30.3 Å². The molecule has 16 heavy (non-hydrogen) atoms. The largest absolute Gasteiger partial charge is 0.344 e. The Morgan fingerprint density at radius 1 is 1.44 bits per heavy atom. The fourth-order valence-electron chi connectivity index (χ4n) is 1.32. The van der Waals surface area contributed by atoms with Gasteiger partial charge in [-0.25, -0.2) is 0 Å². The summed E-state index contributed by atoms with van der Waals surface area (Å²) in [7, 11) is 0. The van der Waals surface area contributed by atoms with Crippen LogP contribution in [0.2, 0.25) is 0 Å². The molecule has 2 N–H and O–H groups in total. The van der Waals surface area contributed by atoms with E-state index in [0.29, 0.717) is 0 Å². The van der Waals surface area contributed by atoms with Crippen LogP contribution < -0.4 is 10.6 Å². The number of carbonyl (C=O) groups excluding carboxylic acids is 1. The summed E-state index contributed by atoms with van der Waals surface area (Å²) < 4.78 is 0. The number of nitrogens with one attached hydrogen (secondary N) is 2. The predicted molar refractivity (Wildman–Crippen MR) is 64.7 cm³/mol. The molecule has 0 saturated heterocycles. The third-order valence-electron chi connectivity index (χ3n) is 2.26. The van der Waals surface area contributed by atoms with E-state index in [0.717, 1.165) is 5.56 Å². The molecule has 3 heteroatoms. The number of terminal acetylenes is 1. The highest BCUT2D eigenvalue weighted by Gasteiger charge is 2.05. The van der Waals surface area contributed by atoms with Gasteiger partial charge in [-0.3, -0.25) is 4.79 Å². The molecule has 3 nitrogen and oxygen atoms in total. The van der Waals surface area contributed by atoms with Gasteiger partial charge in [0, 0.05) is 6.04 Å². The third-order valence-corrected chi connectivity index (χ3v) is 2.26. The summed E-state index contributed by atoms with van der Waals surface area (Å²) in [6, 6.07) is 10.1. The molecule has 1 aromatic carbocycles. The van der Waals surface area contributed by atoms with Gasteiger partial charge in [-0.2, -0.15) is 0 Å². The fraction of sp³-hybridized carbons (Fsp3) is 0.308. The van der Waals surface area contributed by atoms with E-state index in [-0.39, 0.29) is 25.0 Å². The molecule has 0 aromatic heterocycles. The zero-order chi connectivity index (χ0) is 11.8. The molecule has 0 fully saturated rings. The Labute approximate surface area is 96.2 Å². The van der Waals surface area contributed by atoms with Crippen molar-refractivity contribution in [3.05, 3.63) is 35.9 Å². The first-order valence-corrected chi connectivity index (χ1v) is 5.22. The number of hydrogen-bond acceptors (Lipinski definition) is 2. The molecular weight excluding hydrogens is 200 g/mol. The van der Waals surface area contributed by atoms with Crippen LogP contribution in [-0.2, 0) is 4.79 Å². The van der Waals surface area contributed by atoms with Crippen molar-refractivity contribution < 1.29 is 4.79 Å². The van der Waals surface area contributed by atoms with E-state index in [1.54, 1.807) is 0 Å². The maximum atomic E-state index is 11.3. The zero-order valence-corrected chi connectivity index (χ0v) is 9.36. The van der Waals surface area contributed by atoms with E-state index < -0.39 is 0 Å². The van der Waals surface area contributed by atoms with Crippen LogP contribution in [0.1, 0.15) is 18.5 Å². The Bertz CT molecular complexity index is 367. The van der Waals surface area contributed by atoms with Crippen LogP contribution in [0, 0.1) is 12.3 Å². The third kappa shape index (κ3) is 4.16. The van der Waals surface area contributed by atoms with Gasteiger partial charge in [-0.15, -0.1) is 6.42 Å². The summed E-state index contributed by atoms with van der Waals surface area (Å²) in [6.45, 7) is 2.57. The number of rotatable bonds is 5. The molecule has 1 amide bonds. The summed E-state index contributed by atoms with van der Waals surface area (Å²) >= 11 is 0. The highest BCUT2D eigenvalue weighted by Crippen LogP contribution is 2.10. The second kappa shape index (κ2) is 6.65. The minimum atomic E-state index is -0.0827. The van der Waals surface area contributed by atoms with Gasteiger partial charge in [0.2, 0.25) is 5.91 Å². The molecule has 0 heterocycles. The van der Waals surface area contributed by atoms with Crippen molar-refractivity contribution in [1.29, 1.82) is 0 Å². The lowest BCUT2D eigenvalue weighted by atomic mass is 10.1. The monoisotopic (exact) mass is 216 g/mol. The first-order chi connectivity index (χ1) is 7.74. The van der Waals surface area contributed by atoms with E-state index >= 15 is 0 Å². The van der Waals surface area contributed by atoms with E-state index in [2.05, 4.69) is 16.6 Å². The van der Waals surface area contributed by atoms with Crippen molar-refractivity contribution >= 4 is 5.91 Å². The number of hydrogen-bond donors (Lipinski definition) is 2. The first-order valence-electron chi connectivity index (χ1n) is 5.22. The molecule has 0 radical (unpaired) electrons. The van der Waals surface area contributed by atoms with Crippen LogP contribution in [0.3, 0.4) is 0 Å². The highest BCUT2D eigenvalue weighted by molar-refractivity contribution is 5.78. The Morgan fingerprint density at radius 3 is 2.75 bits per heavy atom. The van der Waals surface area contributed by atoms with E-state index in [9.17, 15) is 4.79 Å². The molecule has 1 atom stereocenters. The summed E-state index contributed by atoms with van der Waals surface area (Å²) in [5.74, 6) is 2.28. The molecule has 0 saturated carbocycles. The topological polar surface area (TPSA) is 41.1 Å². The second-order valence-electron chi connectivity index (χ2n) is 3.49. The molecule has 1 rings (SSSR count). The molecule has 84 valence electrons. The lowest BCUT2D eigenvalue weighted by molar-refractivity contribution is -0.120. The van der Waals surface area contributed by atoms with Crippen LogP contribution >= 0.6 is 0 Å². The molecule has 0 bridgehead atoms. The van der Waals surface area contributed by atoms with Gasteiger partial charge in [0.1, 0.15) is 0 Å². The summed E-state index contributed by atoms with van der Waals surface area (Å²) in [5, 5.41) is 5.73. The smallest absolute Gasteiger partial charge is 0.234 e. The van der Waals surface area contributed by atoms with Crippen molar-refractivity contribution in [2.45, 2.75) is 13.0 Å². The fourth-order valence-corrected chi connectivity index (χ4v) is 1.32. The maximum Gasteiger partial charge on any atom is 0.234 e. The zero-order valence-electron chi connectivity index (χ0n) is 9.36. The van der Waals surface area contributed by atoms with Crippen molar-refractivity contribution in [2.24, 2.45) is 0 Å². The van der Waals surface area contributed by atoms with Gasteiger partial charge < -0.3 is 10.6 Å². The van der Waals surface area contributed by atoms with Crippen LogP contribution in [-0.4, -0.2) is 19.0 Å². The van der Waals surface area contributed by atoms with Crippen LogP contribution in [0.5, 0.6) is 0 Å². The Morgan fingerprint density at radius 2 is 2.12 bits per heavy atom. The SMILES string of the molecule is C#CCNC(=O)CN[C@@H](C)c1ccccc1. The Balaban J connectivity index is 2.33. The maximum absolute atomic E-state index is 11.3. The van der Waals surface area contributed by atoms with E-state index in [4.69, 9.17) is 6.42 Å². The van der Waals surface area contributed by atoms with Gasteiger partial charge >= 0.3 is 0 Å². The molecule has 0 unspecified atom stereocenters. The standard InChI is InChI=1S/C13H16N2O/c1-3-9-14-13(16)10-15-11(2)12-7-5-4-6-8-12/h1,4-8,11,15H,9-10H2,2H3,(H,14,16)/t11-/m0/s1. The minimum absolute atomic E-state index is 0.0827. The van der Waals surface area contributed by atoms with E-state index in [1.165, 1.54) is 0 Å². The van der Waals surface area contributed by atoms with Crippen molar-refractivity contribution in [2.75, 3.05) is 13.1 Å². The average Bonchev–Trinajstić information content (AvgIpc) is 2.34. The highest BCUT2D eigenvalue weighted by atomic mass is 16.1. The molecule has 0 aliphatic heterocycles. The van der Waals surface area contributed by atoms with Gasteiger partial charge in [-0.1, -0.05) is 36.3 Å². The summed E-state index contributed by atoms with van der Waals surface area (Å²) in [6.07, 6.45) is 5.04. The Hall–Kier alpha value is -1.79. The lowest BCUT2D eigenvalue weighted by Crippen LogP contribution is -2.35. The summed E-state index contributed by atoms with van der Waals surface area (Å²) in [5.41, 5.74) is 1.16. The quantitative estimate of drug-likeness (QED) is 0.723. The van der Waals surface area contributed by atoms with Crippen molar-refractivity contribution in [1.82, 2.24) is 10.6 Å². The van der Waals surface area contributed by atoms with E-state index in [1.807, 2.05) is 37.3 Å². The van der Waals surface area contributed by atoms with Crippen LogP contribution in [0.4, 0.5) is 0 Å². The minimum Gasteiger partial charge on any atom is -0.344 e. The first kappa shape index (κ1) is 12.3. The molecule has 0 aliphatic rings. The molecular formula is C13H16N2O. The average molecular weight is 216 g/mol. The number of benzene rings is 1. The predicted octanol–water partition coefficient (Wildman–Crippen LogP) is 1.09. The molecule has 1 aromatic rings. The lowest BCUT2D eigenvalue weighted by Gasteiger charge is -2.13. The second-order valence-corrected chi connectivity index (χ2v) is 3.49. The van der Waals surface area contributed by atoms with Gasteiger partial charge in [0.15, 0.2) is 0 Å². The van der Waals surface area contributed by atoms with Gasteiger partial charge in [0.05, 0.1) is 13.1 Å². The van der Waals surface area contributed by atoms with Crippen molar-refractivity contribution in [3.63, 3.8) is 0 Å². The van der Waals surface area contributed by atoms with Crippen LogP contribution in [0.25, 0.3) is 0 Å². The van der Waals surface area contributed by atoms with Gasteiger partial charge in [0.25, 0.3) is 0 Å². The van der Waals surface area contributed by atoms with Crippen molar-refractivity contribution in [3.8, 4) is 12.3 Å². The molecule has 0 spiro atoms. The normalized spacial score (nSPS) is 11.5. The number of carbonyl (C=O) groups is 1. The molecule has 0 aliphatic carbocycles. The number of amides is 1.